The number of carboxylic acid groups (broad SMARTS) is 1. The molecule has 148 valence electrons. The average molecular weight is 386 g/mol. The Hall–Kier alpha value is -3.13. The number of nitro groups is 1. The Bertz CT molecular complexity index is 887. The Labute approximate surface area is 162 Å². The molecule has 0 aliphatic heterocycles. The molecule has 0 amide bonds. The van der Waals surface area contributed by atoms with Crippen molar-refractivity contribution in [3.63, 3.8) is 0 Å². The lowest BCUT2D eigenvalue weighted by Gasteiger charge is -2.27. The minimum atomic E-state index is -1.01. The molecule has 2 N–H and O–H groups in total. The molecule has 2 aliphatic rings. The van der Waals surface area contributed by atoms with Gasteiger partial charge in [-0.2, -0.15) is 0 Å². The van der Waals surface area contributed by atoms with Gasteiger partial charge in [0.15, 0.2) is 0 Å². The molecule has 2 unspecified atom stereocenters. The van der Waals surface area contributed by atoms with Crippen LogP contribution in [-0.4, -0.2) is 42.4 Å². The van der Waals surface area contributed by atoms with Crippen molar-refractivity contribution in [2.24, 2.45) is 0 Å². The fourth-order valence-electron chi connectivity index (χ4n) is 3.55. The molecule has 8 heteroatoms. The maximum atomic E-state index is 11.5. The van der Waals surface area contributed by atoms with Crippen molar-refractivity contribution in [2.45, 2.75) is 31.4 Å². The van der Waals surface area contributed by atoms with E-state index in [1.54, 1.807) is 26.4 Å². The highest BCUT2D eigenvalue weighted by Crippen LogP contribution is 2.36. The van der Waals surface area contributed by atoms with Crippen molar-refractivity contribution in [3.05, 3.63) is 62.9 Å². The zero-order chi connectivity index (χ0) is 20.3. The quantitative estimate of drug-likeness (QED) is 0.570. The van der Waals surface area contributed by atoms with Crippen LogP contribution in [0, 0.1) is 10.1 Å². The summed E-state index contributed by atoms with van der Waals surface area (Å²) in [6.45, 7) is 0. The number of ether oxygens (including phenoxy) is 2. The number of rotatable bonds is 6. The Morgan fingerprint density at radius 2 is 2.11 bits per heavy atom. The Kier molecular flexibility index (Phi) is 5.79. The summed E-state index contributed by atoms with van der Waals surface area (Å²) < 4.78 is 10.8. The second-order valence-electron chi connectivity index (χ2n) is 6.61. The molecule has 3 rings (SSSR count). The molecule has 0 aromatic heterocycles. The molecule has 0 radical (unpaired) electrons. The van der Waals surface area contributed by atoms with Gasteiger partial charge in [-0.05, 0) is 49.6 Å². The summed E-state index contributed by atoms with van der Waals surface area (Å²) in [5, 5.41) is 24.3. The van der Waals surface area contributed by atoms with E-state index in [4.69, 9.17) is 9.47 Å². The molecule has 0 spiro atoms. The number of hydrogen-bond acceptors (Lipinski definition) is 6. The average Bonchev–Trinajstić information content (AvgIpc) is 2.91. The van der Waals surface area contributed by atoms with Gasteiger partial charge in [0.25, 0.3) is 5.69 Å². The number of nitrogens with zero attached hydrogens (tertiary/aromatic N) is 1. The van der Waals surface area contributed by atoms with Gasteiger partial charge in [-0.3, -0.25) is 10.1 Å². The topological polar surface area (TPSA) is 111 Å². The summed E-state index contributed by atoms with van der Waals surface area (Å²) in [5.41, 5.74) is 1.95. The summed E-state index contributed by atoms with van der Waals surface area (Å²) in [5.74, 6) is -0.345. The first-order chi connectivity index (χ1) is 13.4. The monoisotopic (exact) mass is 386 g/mol. The number of benzene rings is 1. The fourth-order valence-corrected chi connectivity index (χ4v) is 3.55. The highest BCUT2D eigenvalue weighted by molar-refractivity contribution is 5.94. The summed E-state index contributed by atoms with van der Waals surface area (Å²) in [6.07, 6.45) is 8.15. The van der Waals surface area contributed by atoms with Gasteiger partial charge in [0.2, 0.25) is 0 Å². The lowest BCUT2D eigenvalue weighted by molar-refractivity contribution is -0.385. The number of aliphatic carboxylic acids is 1. The van der Waals surface area contributed by atoms with E-state index in [9.17, 15) is 20.0 Å². The van der Waals surface area contributed by atoms with Crippen molar-refractivity contribution in [1.82, 2.24) is 0 Å². The summed E-state index contributed by atoms with van der Waals surface area (Å²) in [7, 11) is 3.16. The van der Waals surface area contributed by atoms with Crippen LogP contribution in [0.3, 0.4) is 0 Å². The van der Waals surface area contributed by atoms with Crippen LogP contribution in [0.4, 0.5) is 11.4 Å². The molecule has 2 atom stereocenters. The zero-order valence-electron chi connectivity index (χ0n) is 15.7. The summed E-state index contributed by atoms with van der Waals surface area (Å²) >= 11 is 0. The third-order valence-electron chi connectivity index (χ3n) is 4.97. The highest BCUT2D eigenvalue weighted by Gasteiger charge is 2.27. The smallest absolute Gasteiger partial charge is 0.331 e. The zero-order valence-corrected chi connectivity index (χ0v) is 15.7. The summed E-state index contributed by atoms with van der Waals surface area (Å²) in [4.78, 5) is 22.6. The van der Waals surface area contributed by atoms with Crippen LogP contribution in [0.2, 0.25) is 0 Å². The molecular weight excluding hydrogens is 364 g/mol. The van der Waals surface area contributed by atoms with E-state index in [-0.39, 0.29) is 23.4 Å². The van der Waals surface area contributed by atoms with Gasteiger partial charge in [0.1, 0.15) is 5.76 Å². The normalized spacial score (nSPS) is 21.1. The molecule has 1 aromatic carbocycles. The standard InChI is InChI=1S/C20H22N2O6/c1-27-13-6-9-19(28-2)17(11-13)21-16-7-8-18(22(25)26)14-5-3-4-12(20(23)24)10-15(14)16/h6-11,17,19,21H,3-5H2,1-2H3,(H,23,24). The number of methoxy groups -OCH3 is 2. The molecule has 0 saturated carbocycles. The van der Waals surface area contributed by atoms with Crippen molar-refractivity contribution in [3.8, 4) is 0 Å². The van der Waals surface area contributed by atoms with Crippen LogP contribution < -0.4 is 5.32 Å². The SMILES string of the molecule is COC1=CC(Nc2ccc([N+](=O)[O-])c3c2C=C(C(=O)O)CCC3)C(OC)C=C1. The molecule has 0 bridgehead atoms. The molecular formula is C20H22N2O6. The number of anilines is 1. The minimum absolute atomic E-state index is 0.00314. The Morgan fingerprint density at radius 1 is 1.32 bits per heavy atom. The van der Waals surface area contributed by atoms with Gasteiger partial charge in [0, 0.05) is 35.6 Å². The van der Waals surface area contributed by atoms with E-state index >= 15 is 0 Å². The maximum absolute atomic E-state index is 11.5. The van der Waals surface area contributed by atoms with Gasteiger partial charge in [-0.1, -0.05) is 0 Å². The molecule has 28 heavy (non-hydrogen) atoms. The van der Waals surface area contributed by atoms with E-state index in [0.717, 1.165) is 0 Å². The molecule has 0 fully saturated rings. The lowest BCUT2D eigenvalue weighted by Crippen LogP contribution is -2.34. The third kappa shape index (κ3) is 3.91. The van der Waals surface area contributed by atoms with Crippen LogP contribution in [0.1, 0.15) is 24.0 Å². The number of carbonyl (C=O) groups is 1. The number of nitrogens with one attached hydrogen (secondary N) is 1. The van der Waals surface area contributed by atoms with Crippen molar-refractivity contribution in [2.75, 3.05) is 19.5 Å². The van der Waals surface area contributed by atoms with Crippen LogP contribution in [0.5, 0.6) is 0 Å². The van der Waals surface area contributed by atoms with E-state index in [1.165, 1.54) is 6.07 Å². The third-order valence-corrected chi connectivity index (χ3v) is 4.97. The first-order valence-electron chi connectivity index (χ1n) is 8.92. The maximum Gasteiger partial charge on any atom is 0.331 e. The van der Waals surface area contributed by atoms with E-state index < -0.39 is 10.9 Å². The fraction of sp³-hybridized carbons (Fsp3) is 0.350. The largest absolute Gasteiger partial charge is 0.497 e. The summed E-state index contributed by atoms with van der Waals surface area (Å²) in [6, 6.07) is 2.80. The minimum Gasteiger partial charge on any atom is -0.497 e. The lowest BCUT2D eigenvalue weighted by atomic mass is 9.98. The highest BCUT2D eigenvalue weighted by atomic mass is 16.6. The predicted molar refractivity (Wildman–Crippen MR) is 104 cm³/mol. The van der Waals surface area contributed by atoms with Gasteiger partial charge in [0.05, 0.1) is 24.2 Å². The number of nitro benzene ring substituents is 1. The van der Waals surface area contributed by atoms with Gasteiger partial charge in [-0.25, -0.2) is 4.79 Å². The Morgan fingerprint density at radius 3 is 2.75 bits per heavy atom. The van der Waals surface area contributed by atoms with E-state index in [2.05, 4.69) is 5.32 Å². The first-order valence-corrected chi connectivity index (χ1v) is 8.92. The van der Waals surface area contributed by atoms with Crippen LogP contribution in [0.15, 0.2) is 41.7 Å². The Balaban J connectivity index is 2.08. The van der Waals surface area contributed by atoms with Crippen LogP contribution >= 0.6 is 0 Å². The molecule has 8 nitrogen and oxygen atoms in total. The molecule has 2 aliphatic carbocycles. The van der Waals surface area contributed by atoms with E-state index in [0.29, 0.717) is 41.8 Å². The van der Waals surface area contributed by atoms with Gasteiger partial charge >= 0.3 is 5.97 Å². The second-order valence-corrected chi connectivity index (χ2v) is 6.61. The van der Waals surface area contributed by atoms with Crippen molar-refractivity contribution in [1.29, 1.82) is 0 Å². The molecule has 0 saturated heterocycles. The number of allylic oxidation sites excluding steroid dienone is 1. The van der Waals surface area contributed by atoms with Crippen molar-refractivity contribution >= 4 is 23.4 Å². The van der Waals surface area contributed by atoms with Gasteiger partial charge in [-0.15, -0.1) is 0 Å². The predicted octanol–water partition coefficient (Wildman–Crippen LogP) is 3.29. The second kappa shape index (κ2) is 8.26. The molecule has 0 heterocycles. The number of fused-ring (bicyclic) bond motifs is 1. The van der Waals surface area contributed by atoms with Crippen molar-refractivity contribution < 1.29 is 24.3 Å². The first kappa shape index (κ1) is 19.6. The van der Waals surface area contributed by atoms with E-state index in [1.807, 2.05) is 18.2 Å². The van der Waals surface area contributed by atoms with Gasteiger partial charge < -0.3 is 19.9 Å². The van der Waals surface area contributed by atoms with Crippen LogP contribution in [-0.2, 0) is 20.7 Å². The molecule has 1 aromatic rings. The number of carboxylic acids is 1. The van der Waals surface area contributed by atoms with Crippen LogP contribution in [0.25, 0.3) is 6.08 Å². The number of hydrogen-bond donors (Lipinski definition) is 2.